The molecule has 0 bridgehead atoms. The number of aromatic amines is 1. The molecule has 120 valence electrons. The summed E-state index contributed by atoms with van der Waals surface area (Å²) in [4.78, 5) is 18.3. The Morgan fingerprint density at radius 1 is 1.39 bits per heavy atom. The van der Waals surface area contributed by atoms with Gasteiger partial charge in [0.25, 0.3) is 5.91 Å². The molecule has 0 spiro atoms. The van der Waals surface area contributed by atoms with Crippen molar-refractivity contribution >= 4 is 11.6 Å². The third-order valence-corrected chi connectivity index (χ3v) is 4.00. The van der Waals surface area contributed by atoms with Gasteiger partial charge in [0.05, 0.1) is 5.69 Å². The maximum Gasteiger partial charge on any atom is 0.274 e. The molecule has 1 N–H and O–H groups in total. The fourth-order valence-electron chi connectivity index (χ4n) is 2.67. The first kappa shape index (κ1) is 15.2. The number of aryl methyl sites for hydroxylation is 2. The predicted molar refractivity (Wildman–Crippen MR) is 86.3 cm³/mol. The summed E-state index contributed by atoms with van der Waals surface area (Å²) in [7, 11) is 1.80. The molecule has 0 aliphatic heterocycles. The number of nitrogens with one attached hydrogen (secondary N) is 1. The van der Waals surface area contributed by atoms with Crippen LogP contribution in [0.4, 0.5) is 0 Å². The number of fused-ring (bicyclic) bond motifs is 1. The highest BCUT2D eigenvalue weighted by Crippen LogP contribution is 2.12. The summed E-state index contributed by atoms with van der Waals surface area (Å²) in [6, 6.07) is 3.50. The Morgan fingerprint density at radius 2 is 2.22 bits per heavy atom. The molecule has 0 aliphatic carbocycles. The van der Waals surface area contributed by atoms with E-state index in [1.807, 2.05) is 13.8 Å². The monoisotopic (exact) mass is 312 g/mol. The van der Waals surface area contributed by atoms with Gasteiger partial charge in [-0.05, 0) is 38.3 Å². The highest BCUT2D eigenvalue weighted by molar-refractivity contribution is 5.93. The van der Waals surface area contributed by atoms with E-state index < -0.39 is 0 Å². The second kappa shape index (κ2) is 6.20. The minimum Gasteiger partial charge on any atom is -0.340 e. The molecule has 3 rings (SSSR count). The van der Waals surface area contributed by atoms with Crippen LogP contribution in [0.25, 0.3) is 5.65 Å². The molecule has 23 heavy (non-hydrogen) atoms. The van der Waals surface area contributed by atoms with Crippen LogP contribution >= 0.6 is 0 Å². The van der Waals surface area contributed by atoms with Gasteiger partial charge in [-0.25, -0.2) is 9.50 Å². The van der Waals surface area contributed by atoms with Gasteiger partial charge < -0.3 is 4.90 Å². The third kappa shape index (κ3) is 3.08. The Kier molecular flexibility index (Phi) is 4.10. The molecule has 0 unspecified atom stereocenters. The SMILES string of the molecule is Cc1n[nH]c(C)c1CCCN(C)C(=O)c1cc2ncccn2n1. The van der Waals surface area contributed by atoms with Crippen molar-refractivity contribution in [2.75, 3.05) is 13.6 Å². The first-order valence-electron chi connectivity index (χ1n) is 7.62. The molecule has 7 nitrogen and oxygen atoms in total. The number of amides is 1. The van der Waals surface area contributed by atoms with Crippen molar-refractivity contribution < 1.29 is 4.79 Å². The Morgan fingerprint density at radius 3 is 2.91 bits per heavy atom. The Labute approximate surface area is 134 Å². The van der Waals surface area contributed by atoms with Gasteiger partial charge in [0.15, 0.2) is 11.3 Å². The third-order valence-electron chi connectivity index (χ3n) is 4.00. The van der Waals surface area contributed by atoms with Crippen molar-refractivity contribution in [2.24, 2.45) is 0 Å². The summed E-state index contributed by atoms with van der Waals surface area (Å²) >= 11 is 0. The second-order valence-electron chi connectivity index (χ2n) is 5.69. The predicted octanol–water partition coefficient (Wildman–Crippen LogP) is 1.77. The number of hydrogen-bond donors (Lipinski definition) is 1. The van der Waals surface area contributed by atoms with E-state index >= 15 is 0 Å². The van der Waals surface area contributed by atoms with Crippen LogP contribution in [0.1, 0.15) is 33.9 Å². The Bertz CT molecular complexity index is 782. The summed E-state index contributed by atoms with van der Waals surface area (Å²) in [6.07, 6.45) is 5.25. The van der Waals surface area contributed by atoms with E-state index in [4.69, 9.17) is 0 Å². The molecule has 0 radical (unpaired) electrons. The Hall–Kier alpha value is -2.70. The quantitative estimate of drug-likeness (QED) is 0.779. The van der Waals surface area contributed by atoms with E-state index in [1.165, 1.54) is 5.56 Å². The molecular weight excluding hydrogens is 292 g/mol. The second-order valence-corrected chi connectivity index (χ2v) is 5.69. The van der Waals surface area contributed by atoms with Crippen LogP contribution < -0.4 is 0 Å². The topological polar surface area (TPSA) is 79.2 Å². The van der Waals surface area contributed by atoms with Crippen LogP contribution in [0.3, 0.4) is 0 Å². The molecule has 0 fully saturated rings. The van der Waals surface area contributed by atoms with E-state index in [1.54, 1.807) is 41.0 Å². The molecule has 0 aromatic carbocycles. The number of carbonyl (C=O) groups is 1. The van der Waals surface area contributed by atoms with Crippen LogP contribution in [0, 0.1) is 13.8 Å². The highest BCUT2D eigenvalue weighted by Gasteiger charge is 2.16. The van der Waals surface area contributed by atoms with Gasteiger partial charge >= 0.3 is 0 Å². The first-order chi connectivity index (χ1) is 11.1. The van der Waals surface area contributed by atoms with Crippen molar-refractivity contribution in [3.05, 3.63) is 47.2 Å². The summed E-state index contributed by atoms with van der Waals surface area (Å²) < 4.78 is 1.61. The largest absolute Gasteiger partial charge is 0.340 e. The minimum atomic E-state index is -0.0869. The number of hydrogen-bond acceptors (Lipinski definition) is 4. The lowest BCUT2D eigenvalue weighted by Crippen LogP contribution is -2.28. The summed E-state index contributed by atoms with van der Waals surface area (Å²) in [6.45, 7) is 4.69. The van der Waals surface area contributed by atoms with Gasteiger partial charge in [0, 0.05) is 37.7 Å². The van der Waals surface area contributed by atoms with Gasteiger partial charge in [-0.2, -0.15) is 10.2 Å². The smallest absolute Gasteiger partial charge is 0.274 e. The molecule has 3 aromatic heterocycles. The zero-order valence-corrected chi connectivity index (χ0v) is 13.6. The van der Waals surface area contributed by atoms with Crippen LogP contribution in [0.15, 0.2) is 24.5 Å². The molecule has 7 heteroatoms. The van der Waals surface area contributed by atoms with E-state index in [2.05, 4.69) is 20.3 Å². The molecule has 0 atom stereocenters. The maximum absolute atomic E-state index is 12.4. The average molecular weight is 312 g/mol. The van der Waals surface area contributed by atoms with Crippen molar-refractivity contribution in [1.29, 1.82) is 0 Å². The van der Waals surface area contributed by atoms with Crippen molar-refractivity contribution in [3.63, 3.8) is 0 Å². The number of nitrogens with zero attached hydrogens (tertiary/aromatic N) is 5. The lowest BCUT2D eigenvalue weighted by atomic mass is 10.1. The van der Waals surface area contributed by atoms with Crippen LogP contribution in [0.5, 0.6) is 0 Å². The van der Waals surface area contributed by atoms with Gasteiger partial charge in [-0.15, -0.1) is 0 Å². The molecule has 0 saturated carbocycles. The standard InChI is InChI=1S/C16H20N6O/c1-11-13(12(2)19-18-11)6-4-8-21(3)16(23)14-10-15-17-7-5-9-22(15)20-14/h5,7,9-10H,4,6,8H2,1-3H3,(H,18,19). The van der Waals surface area contributed by atoms with E-state index in [-0.39, 0.29) is 5.91 Å². The van der Waals surface area contributed by atoms with Crippen molar-refractivity contribution in [2.45, 2.75) is 26.7 Å². The average Bonchev–Trinajstić information content (AvgIpc) is 3.11. The number of H-pyrrole nitrogens is 1. The van der Waals surface area contributed by atoms with Gasteiger partial charge in [0.1, 0.15) is 0 Å². The van der Waals surface area contributed by atoms with Crippen molar-refractivity contribution in [1.82, 2.24) is 29.7 Å². The number of carbonyl (C=O) groups excluding carboxylic acids is 1. The lowest BCUT2D eigenvalue weighted by molar-refractivity contribution is 0.0787. The highest BCUT2D eigenvalue weighted by atomic mass is 16.2. The van der Waals surface area contributed by atoms with Gasteiger partial charge in [-0.1, -0.05) is 0 Å². The summed E-state index contributed by atoms with van der Waals surface area (Å²) in [5, 5.41) is 11.5. The van der Waals surface area contributed by atoms with E-state index in [0.717, 1.165) is 24.2 Å². The molecule has 1 amide bonds. The molecule has 0 saturated heterocycles. The van der Waals surface area contributed by atoms with E-state index in [0.29, 0.717) is 17.9 Å². The molecule has 3 aromatic rings. The van der Waals surface area contributed by atoms with Crippen molar-refractivity contribution in [3.8, 4) is 0 Å². The van der Waals surface area contributed by atoms with E-state index in [9.17, 15) is 4.79 Å². The zero-order chi connectivity index (χ0) is 16.4. The fourth-order valence-corrected chi connectivity index (χ4v) is 2.67. The van der Waals surface area contributed by atoms with Crippen LogP contribution in [0.2, 0.25) is 0 Å². The fraction of sp³-hybridized carbons (Fsp3) is 0.375. The molecule has 3 heterocycles. The number of aromatic nitrogens is 5. The lowest BCUT2D eigenvalue weighted by Gasteiger charge is -2.15. The normalized spacial score (nSPS) is 11.1. The van der Waals surface area contributed by atoms with Crippen LogP contribution in [-0.2, 0) is 6.42 Å². The first-order valence-corrected chi connectivity index (χ1v) is 7.62. The zero-order valence-electron chi connectivity index (χ0n) is 13.6. The number of rotatable bonds is 5. The minimum absolute atomic E-state index is 0.0869. The summed E-state index contributed by atoms with van der Waals surface area (Å²) in [5.74, 6) is -0.0869. The summed E-state index contributed by atoms with van der Waals surface area (Å²) in [5.41, 5.74) is 4.46. The van der Waals surface area contributed by atoms with Gasteiger partial charge in [-0.3, -0.25) is 9.89 Å². The molecular formula is C16H20N6O. The Balaban J connectivity index is 1.61. The van der Waals surface area contributed by atoms with Crippen LogP contribution in [-0.4, -0.2) is 49.2 Å². The van der Waals surface area contributed by atoms with Gasteiger partial charge in [0.2, 0.25) is 0 Å². The molecule has 0 aliphatic rings. The maximum atomic E-state index is 12.4.